The Labute approximate surface area is 78.9 Å². The van der Waals surface area contributed by atoms with Crippen molar-refractivity contribution in [1.29, 1.82) is 0 Å². The van der Waals surface area contributed by atoms with Crippen LogP contribution in [0, 0.1) is 0 Å². The third-order valence-corrected chi connectivity index (χ3v) is 2.56. The van der Waals surface area contributed by atoms with Crippen LogP contribution < -0.4 is 5.32 Å². The number of aliphatic hydroxyl groups is 1. The summed E-state index contributed by atoms with van der Waals surface area (Å²) in [5.74, 6) is -0.0469. The third kappa shape index (κ3) is 2.42. The number of rotatable bonds is 2. The number of nitrogens with zero attached hydrogens (tertiary/aromatic N) is 1. The van der Waals surface area contributed by atoms with Crippen molar-refractivity contribution in [2.75, 3.05) is 19.7 Å². The summed E-state index contributed by atoms with van der Waals surface area (Å²) in [5.41, 5.74) is 0. The van der Waals surface area contributed by atoms with Gasteiger partial charge in [-0.2, -0.15) is 0 Å². The number of likely N-dealkylation sites (N-methyl/N-ethyl adjacent to an activating group) is 1. The van der Waals surface area contributed by atoms with E-state index < -0.39 is 0 Å². The van der Waals surface area contributed by atoms with Gasteiger partial charge >= 0.3 is 0 Å². The summed E-state index contributed by atoms with van der Waals surface area (Å²) in [6.07, 6.45) is 0.954. The number of amides is 1. The SMILES string of the molecule is CCN1CCC(C)NC(=O)C1CO. The van der Waals surface area contributed by atoms with Crippen molar-refractivity contribution in [3.63, 3.8) is 0 Å². The van der Waals surface area contributed by atoms with Crippen molar-refractivity contribution >= 4 is 5.91 Å². The van der Waals surface area contributed by atoms with Crippen LogP contribution in [-0.2, 0) is 4.79 Å². The lowest BCUT2D eigenvalue weighted by atomic mass is 10.2. The molecule has 1 aliphatic rings. The van der Waals surface area contributed by atoms with Crippen LogP contribution in [0.4, 0.5) is 0 Å². The fourth-order valence-electron chi connectivity index (χ4n) is 1.67. The first kappa shape index (κ1) is 10.5. The summed E-state index contributed by atoms with van der Waals surface area (Å²) in [5, 5.41) is 11.9. The molecule has 2 N–H and O–H groups in total. The molecule has 0 saturated carbocycles. The predicted octanol–water partition coefficient (Wildman–Crippen LogP) is -0.422. The van der Waals surface area contributed by atoms with Gasteiger partial charge in [0.2, 0.25) is 5.91 Å². The van der Waals surface area contributed by atoms with Crippen LogP contribution in [0.5, 0.6) is 0 Å². The van der Waals surface area contributed by atoms with Crippen molar-refractivity contribution in [2.24, 2.45) is 0 Å². The molecule has 1 fully saturated rings. The molecule has 4 nitrogen and oxygen atoms in total. The van der Waals surface area contributed by atoms with E-state index in [1.807, 2.05) is 18.7 Å². The fraction of sp³-hybridized carbons (Fsp3) is 0.889. The minimum atomic E-state index is -0.352. The van der Waals surface area contributed by atoms with Crippen LogP contribution in [0.15, 0.2) is 0 Å². The van der Waals surface area contributed by atoms with E-state index in [0.29, 0.717) is 0 Å². The maximum Gasteiger partial charge on any atom is 0.239 e. The molecule has 2 unspecified atom stereocenters. The Morgan fingerprint density at radius 1 is 1.69 bits per heavy atom. The Hall–Kier alpha value is -0.610. The Morgan fingerprint density at radius 2 is 2.38 bits per heavy atom. The highest BCUT2D eigenvalue weighted by molar-refractivity contribution is 5.82. The maximum atomic E-state index is 11.5. The fourth-order valence-corrected chi connectivity index (χ4v) is 1.67. The van der Waals surface area contributed by atoms with Gasteiger partial charge in [0.25, 0.3) is 0 Å². The van der Waals surface area contributed by atoms with Crippen molar-refractivity contribution < 1.29 is 9.90 Å². The zero-order chi connectivity index (χ0) is 9.84. The maximum absolute atomic E-state index is 11.5. The molecule has 1 rings (SSSR count). The topological polar surface area (TPSA) is 52.6 Å². The minimum Gasteiger partial charge on any atom is -0.394 e. The molecule has 2 atom stereocenters. The smallest absolute Gasteiger partial charge is 0.239 e. The van der Waals surface area contributed by atoms with Gasteiger partial charge in [-0.1, -0.05) is 6.92 Å². The molecular weight excluding hydrogens is 168 g/mol. The van der Waals surface area contributed by atoms with Crippen molar-refractivity contribution in [1.82, 2.24) is 10.2 Å². The van der Waals surface area contributed by atoms with E-state index in [2.05, 4.69) is 5.32 Å². The summed E-state index contributed by atoms with van der Waals surface area (Å²) in [7, 11) is 0. The van der Waals surface area contributed by atoms with Crippen molar-refractivity contribution in [3.8, 4) is 0 Å². The molecule has 1 aliphatic heterocycles. The molecule has 1 heterocycles. The summed E-state index contributed by atoms with van der Waals surface area (Å²) in [4.78, 5) is 13.5. The van der Waals surface area contributed by atoms with E-state index in [-0.39, 0.29) is 24.6 Å². The van der Waals surface area contributed by atoms with Gasteiger partial charge in [0.05, 0.1) is 6.61 Å². The highest BCUT2D eigenvalue weighted by Crippen LogP contribution is 2.07. The third-order valence-electron chi connectivity index (χ3n) is 2.56. The zero-order valence-electron chi connectivity index (χ0n) is 8.29. The van der Waals surface area contributed by atoms with Gasteiger partial charge in [-0.05, 0) is 19.9 Å². The number of nitrogens with one attached hydrogen (secondary N) is 1. The minimum absolute atomic E-state index is 0.0469. The predicted molar refractivity (Wildman–Crippen MR) is 50.3 cm³/mol. The van der Waals surface area contributed by atoms with E-state index >= 15 is 0 Å². The van der Waals surface area contributed by atoms with Crippen LogP contribution in [0.2, 0.25) is 0 Å². The van der Waals surface area contributed by atoms with E-state index in [1.165, 1.54) is 0 Å². The average Bonchev–Trinajstić information content (AvgIpc) is 2.23. The number of aliphatic hydroxyl groups excluding tert-OH is 1. The normalized spacial score (nSPS) is 31.2. The van der Waals surface area contributed by atoms with Crippen molar-refractivity contribution in [3.05, 3.63) is 0 Å². The summed E-state index contributed by atoms with van der Waals surface area (Å²) in [6.45, 7) is 5.59. The second-order valence-corrected chi connectivity index (χ2v) is 3.53. The van der Waals surface area contributed by atoms with Gasteiger partial charge in [0.1, 0.15) is 6.04 Å². The summed E-state index contributed by atoms with van der Waals surface area (Å²) < 4.78 is 0. The first-order valence-corrected chi connectivity index (χ1v) is 4.84. The van der Waals surface area contributed by atoms with Gasteiger partial charge in [-0.25, -0.2) is 0 Å². The van der Waals surface area contributed by atoms with Gasteiger partial charge in [-0.15, -0.1) is 0 Å². The molecule has 0 aromatic rings. The van der Waals surface area contributed by atoms with E-state index in [0.717, 1.165) is 19.5 Å². The van der Waals surface area contributed by atoms with Crippen LogP contribution in [0.25, 0.3) is 0 Å². The van der Waals surface area contributed by atoms with E-state index in [9.17, 15) is 4.79 Å². The van der Waals surface area contributed by atoms with Crippen LogP contribution >= 0.6 is 0 Å². The molecule has 0 spiro atoms. The molecule has 0 bridgehead atoms. The number of hydrogen-bond acceptors (Lipinski definition) is 3. The molecule has 1 saturated heterocycles. The molecular formula is C9H18N2O2. The largest absolute Gasteiger partial charge is 0.394 e. The number of carbonyl (C=O) groups excluding carboxylic acids is 1. The van der Waals surface area contributed by atoms with Gasteiger partial charge in [0.15, 0.2) is 0 Å². The number of carbonyl (C=O) groups is 1. The van der Waals surface area contributed by atoms with E-state index in [1.54, 1.807) is 0 Å². The Kier molecular flexibility index (Phi) is 3.69. The lowest BCUT2D eigenvalue weighted by Crippen LogP contribution is -2.47. The summed E-state index contributed by atoms with van der Waals surface area (Å²) >= 11 is 0. The first-order valence-electron chi connectivity index (χ1n) is 4.84. The Bertz CT molecular complexity index is 184. The summed E-state index contributed by atoms with van der Waals surface area (Å²) in [6, 6.07) is -0.131. The van der Waals surface area contributed by atoms with Crippen LogP contribution in [0.3, 0.4) is 0 Å². The van der Waals surface area contributed by atoms with Gasteiger partial charge < -0.3 is 10.4 Å². The molecule has 0 aliphatic carbocycles. The second kappa shape index (κ2) is 4.58. The van der Waals surface area contributed by atoms with Gasteiger partial charge in [-0.3, -0.25) is 9.69 Å². The average molecular weight is 186 g/mol. The Balaban J connectivity index is 2.68. The molecule has 4 heteroatoms. The quantitative estimate of drug-likeness (QED) is 0.615. The van der Waals surface area contributed by atoms with Gasteiger partial charge in [0, 0.05) is 12.6 Å². The van der Waals surface area contributed by atoms with Crippen LogP contribution in [-0.4, -0.2) is 47.7 Å². The first-order chi connectivity index (χ1) is 6.19. The highest BCUT2D eigenvalue weighted by atomic mass is 16.3. The lowest BCUT2D eigenvalue weighted by Gasteiger charge is -2.24. The Morgan fingerprint density at radius 3 is 2.92 bits per heavy atom. The lowest BCUT2D eigenvalue weighted by molar-refractivity contribution is -0.127. The van der Waals surface area contributed by atoms with Crippen LogP contribution in [0.1, 0.15) is 20.3 Å². The number of hydrogen-bond donors (Lipinski definition) is 2. The monoisotopic (exact) mass is 186 g/mol. The molecule has 0 aromatic heterocycles. The molecule has 1 amide bonds. The van der Waals surface area contributed by atoms with E-state index in [4.69, 9.17) is 5.11 Å². The molecule has 0 radical (unpaired) electrons. The molecule has 0 aromatic carbocycles. The standard InChI is InChI=1S/C9H18N2O2/c1-3-11-5-4-7(2)10-9(13)8(11)6-12/h7-8,12H,3-6H2,1-2H3,(H,10,13). The molecule has 13 heavy (non-hydrogen) atoms. The zero-order valence-corrected chi connectivity index (χ0v) is 8.29. The van der Waals surface area contributed by atoms with Crippen molar-refractivity contribution in [2.45, 2.75) is 32.4 Å². The second-order valence-electron chi connectivity index (χ2n) is 3.53. The highest BCUT2D eigenvalue weighted by Gasteiger charge is 2.28. The molecule has 76 valence electrons.